The highest BCUT2D eigenvalue weighted by Gasteiger charge is 2.21. The molecule has 0 aromatic heterocycles. The predicted molar refractivity (Wildman–Crippen MR) is 88.4 cm³/mol. The molecule has 1 heterocycles. The first kappa shape index (κ1) is 19.3. The highest BCUT2D eigenvalue weighted by atomic mass is 16.6. The van der Waals surface area contributed by atoms with Crippen LogP contribution < -0.4 is 0 Å². The Morgan fingerprint density at radius 3 is 2.65 bits per heavy atom. The van der Waals surface area contributed by atoms with Crippen LogP contribution in [0, 0.1) is 10.1 Å². The quantitative estimate of drug-likeness (QED) is 0.397. The Hall–Kier alpha value is -3.01. The number of nitro groups is 1. The molecule has 2 amide bonds. The fourth-order valence-electron chi connectivity index (χ4n) is 2.27. The molecule has 0 unspecified atom stereocenters. The molecule has 0 bridgehead atoms. The van der Waals surface area contributed by atoms with Crippen LogP contribution in [0.1, 0.15) is 10.4 Å². The smallest absolute Gasteiger partial charge is 0.338 e. The van der Waals surface area contributed by atoms with Crippen LogP contribution in [-0.4, -0.2) is 79.0 Å². The molecule has 1 aliphatic rings. The van der Waals surface area contributed by atoms with Gasteiger partial charge < -0.3 is 19.3 Å². The zero-order chi connectivity index (χ0) is 19.1. The van der Waals surface area contributed by atoms with Crippen molar-refractivity contribution in [2.75, 3.05) is 46.5 Å². The second-order valence-electron chi connectivity index (χ2n) is 5.63. The van der Waals surface area contributed by atoms with Crippen LogP contribution in [-0.2, 0) is 19.1 Å². The summed E-state index contributed by atoms with van der Waals surface area (Å²) in [7, 11) is 1.43. The standard InChI is InChI=1S/C16H19N3O7/c1-17(10-14(20)18-5-7-25-8-6-18)15(21)11-26-16(22)12-3-2-4-13(9-12)19(23)24/h2-4,9H,5-8,10-11H2,1H3. The van der Waals surface area contributed by atoms with E-state index in [-0.39, 0.29) is 23.7 Å². The van der Waals surface area contributed by atoms with E-state index in [4.69, 9.17) is 9.47 Å². The Balaban J connectivity index is 1.83. The summed E-state index contributed by atoms with van der Waals surface area (Å²) in [5, 5.41) is 10.7. The van der Waals surface area contributed by atoms with Gasteiger partial charge in [0.2, 0.25) is 5.91 Å². The van der Waals surface area contributed by atoms with Crippen molar-refractivity contribution in [3.8, 4) is 0 Å². The summed E-state index contributed by atoms with van der Waals surface area (Å²) in [6.07, 6.45) is 0. The number of non-ortho nitro benzene ring substituents is 1. The fourth-order valence-corrected chi connectivity index (χ4v) is 2.27. The summed E-state index contributed by atoms with van der Waals surface area (Å²) < 4.78 is 10.0. The van der Waals surface area contributed by atoms with Crippen LogP contribution in [0.5, 0.6) is 0 Å². The average Bonchev–Trinajstić information content (AvgIpc) is 2.66. The molecule has 140 valence electrons. The third kappa shape index (κ3) is 5.24. The molecule has 0 aliphatic carbocycles. The minimum Gasteiger partial charge on any atom is -0.452 e. The monoisotopic (exact) mass is 365 g/mol. The molecule has 1 aliphatic heterocycles. The number of carbonyl (C=O) groups excluding carboxylic acids is 3. The van der Waals surface area contributed by atoms with Gasteiger partial charge in [-0.2, -0.15) is 0 Å². The number of morpholine rings is 1. The second-order valence-corrected chi connectivity index (χ2v) is 5.63. The van der Waals surface area contributed by atoms with Crippen molar-refractivity contribution in [3.63, 3.8) is 0 Å². The minimum absolute atomic E-state index is 0.0287. The number of carbonyl (C=O) groups is 3. The molecule has 0 radical (unpaired) electrons. The maximum Gasteiger partial charge on any atom is 0.338 e. The summed E-state index contributed by atoms with van der Waals surface area (Å²) >= 11 is 0. The Labute approximate surface area is 149 Å². The molecule has 1 aromatic carbocycles. The van der Waals surface area contributed by atoms with Crippen LogP contribution in [0.15, 0.2) is 24.3 Å². The lowest BCUT2D eigenvalue weighted by atomic mass is 10.2. The maximum atomic E-state index is 12.1. The van der Waals surface area contributed by atoms with Crippen molar-refractivity contribution in [2.24, 2.45) is 0 Å². The number of hydrogen-bond donors (Lipinski definition) is 0. The number of likely N-dealkylation sites (N-methyl/N-ethyl adjacent to an activating group) is 1. The molecule has 2 rings (SSSR count). The van der Waals surface area contributed by atoms with Gasteiger partial charge in [0, 0.05) is 32.3 Å². The van der Waals surface area contributed by atoms with Gasteiger partial charge in [-0.1, -0.05) is 6.07 Å². The topological polar surface area (TPSA) is 119 Å². The zero-order valence-corrected chi connectivity index (χ0v) is 14.3. The molecule has 1 saturated heterocycles. The van der Waals surface area contributed by atoms with Gasteiger partial charge in [0.25, 0.3) is 11.6 Å². The average molecular weight is 365 g/mol. The highest BCUT2D eigenvalue weighted by molar-refractivity contribution is 5.92. The number of hydrogen-bond acceptors (Lipinski definition) is 7. The molecule has 1 aromatic rings. The van der Waals surface area contributed by atoms with E-state index in [2.05, 4.69) is 0 Å². The normalized spacial score (nSPS) is 13.8. The first-order valence-electron chi connectivity index (χ1n) is 7.89. The van der Waals surface area contributed by atoms with Crippen LogP contribution >= 0.6 is 0 Å². The van der Waals surface area contributed by atoms with E-state index < -0.39 is 23.4 Å². The molecule has 0 atom stereocenters. The molecular weight excluding hydrogens is 346 g/mol. The Bertz CT molecular complexity index is 701. The summed E-state index contributed by atoms with van der Waals surface area (Å²) in [4.78, 5) is 48.9. The number of benzene rings is 1. The number of amides is 2. The third-order valence-corrected chi connectivity index (χ3v) is 3.78. The first-order chi connectivity index (χ1) is 12.4. The van der Waals surface area contributed by atoms with E-state index in [0.717, 1.165) is 6.07 Å². The molecular formula is C16H19N3O7. The number of rotatable bonds is 6. The lowest BCUT2D eigenvalue weighted by molar-refractivity contribution is -0.384. The third-order valence-electron chi connectivity index (χ3n) is 3.78. The minimum atomic E-state index is -0.852. The van der Waals surface area contributed by atoms with Crippen LogP contribution in [0.3, 0.4) is 0 Å². The van der Waals surface area contributed by atoms with Crippen molar-refractivity contribution in [2.45, 2.75) is 0 Å². The first-order valence-corrected chi connectivity index (χ1v) is 7.89. The van der Waals surface area contributed by atoms with Gasteiger partial charge >= 0.3 is 5.97 Å². The van der Waals surface area contributed by atoms with Gasteiger partial charge in [-0.05, 0) is 6.07 Å². The van der Waals surface area contributed by atoms with Gasteiger partial charge in [0.1, 0.15) is 0 Å². The molecule has 10 heteroatoms. The maximum absolute atomic E-state index is 12.1. The zero-order valence-electron chi connectivity index (χ0n) is 14.3. The Morgan fingerprint density at radius 2 is 2.00 bits per heavy atom. The largest absolute Gasteiger partial charge is 0.452 e. The Morgan fingerprint density at radius 1 is 1.31 bits per heavy atom. The van der Waals surface area contributed by atoms with E-state index in [1.807, 2.05) is 0 Å². The Kier molecular flexibility index (Phi) is 6.61. The predicted octanol–water partition coefficient (Wildman–Crippen LogP) is 0.0688. The second kappa shape index (κ2) is 8.90. The van der Waals surface area contributed by atoms with Gasteiger partial charge in [-0.15, -0.1) is 0 Å². The fraction of sp³-hybridized carbons (Fsp3) is 0.438. The van der Waals surface area contributed by atoms with Crippen molar-refractivity contribution in [1.82, 2.24) is 9.80 Å². The number of ether oxygens (including phenoxy) is 2. The highest BCUT2D eigenvalue weighted by Crippen LogP contribution is 2.13. The summed E-state index contributed by atoms with van der Waals surface area (Å²) in [6.45, 7) is 1.18. The van der Waals surface area contributed by atoms with Gasteiger partial charge in [-0.25, -0.2) is 4.79 Å². The van der Waals surface area contributed by atoms with Gasteiger partial charge in [-0.3, -0.25) is 19.7 Å². The van der Waals surface area contributed by atoms with E-state index in [1.165, 1.54) is 30.1 Å². The SMILES string of the molecule is CN(CC(=O)N1CCOCC1)C(=O)COC(=O)c1cccc([N+](=O)[O-])c1. The lowest BCUT2D eigenvalue weighted by Gasteiger charge is -2.28. The molecule has 0 N–H and O–H groups in total. The molecule has 1 fully saturated rings. The number of esters is 1. The van der Waals surface area contributed by atoms with Crippen LogP contribution in [0.25, 0.3) is 0 Å². The summed E-state index contributed by atoms with van der Waals surface area (Å²) in [6, 6.07) is 5.01. The molecule has 0 saturated carbocycles. The molecule has 0 spiro atoms. The van der Waals surface area contributed by atoms with Crippen LogP contribution in [0.4, 0.5) is 5.69 Å². The van der Waals surface area contributed by atoms with E-state index >= 15 is 0 Å². The summed E-state index contributed by atoms with van der Waals surface area (Å²) in [5.41, 5.74) is -0.280. The van der Waals surface area contributed by atoms with Gasteiger partial charge in [0.05, 0.1) is 30.2 Å². The van der Waals surface area contributed by atoms with E-state index in [1.54, 1.807) is 4.90 Å². The van der Waals surface area contributed by atoms with E-state index in [0.29, 0.717) is 26.3 Å². The molecule has 10 nitrogen and oxygen atoms in total. The van der Waals surface area contributed by atoms with E-state index in [9.17, 15) is 24.5 Å². The lowest BCUT2D eigenvalue weighted by Crippen LogP contribution is -2.46. The number of nitrogens with zero attached hydrogens (tertiary/aromatic N) is 3. The van der Waals surface area contributed by atoms with Crippen molar-refractivity contribution in [3.05, 3.63) is 39.9 Å². The van der Waals surface area contributed by atoms with Crippen molar-refractivity contribution >= 4 is 23.5 Å². The molecule has 26 heavy (non-hydrogen) atoms. The van der Waals surface area contributed by atoms with Crippen LogP contribution in [0.2, 0.25) is 0 Å². The number of nitro benzene ring substituents is 1. The van der Waals surface area contributed by atoms with Crippen molar-refractivity contribution in [1.29, 1.82) is 0 Å². The van der Waals surface area contributed by atoms with Gasteiger partial charge in [0.15, 0.2) is 6.61 Å². The summed E-state index contributed by atoms with van der Waals surface area (Å²) in [5.74, 6) is -1.62. The van der Waals surface area contributed by atoms with Crippen molar-refractivity contribution < 1.29 is 28.8 Å².